The van der Waals surface area contributed by atoms with Crippen LogP contribution in [0.3, 0.4) is 0 Å². The lowest BCUT2D eigenvalue weighted by Gasteiger charge is -2.18. The van der Waals surface area contributed by atoms with Gasteiger partial charge < -0.3 is 9.84 Å². The molecule has 0 bridgehead atoms. The average molecular weight is 260 g/mol. The Morgan fingerprint density at radius 2 is 2.05 bits per heavy atom. The molecular weight excluding hydrogens is 240 g/mol. The lowest BCUT2D eigenvalue weighted by Crippen LogP contribution is -2.04. The van der Waals surface area contributed by atoms with Gasteiger partial charge >= 0.3 is 5.97 Å². The first-order valence-corrected chi connectivity index (χ1v) is 6.71. The Morgan fingerprint density at radius 3 is 2.63 bits per heavy atom. The van der Waals surface area contributed by atoms with Gasteiger partial charge in [-0.05, 0) is 43.4 Å². The standard InChI is InChI=1S/C16H20O3/c1-11-7-8-15(19-2)14(9-11)13(10-16(17)18)12-5-3-4-6-12/h7-10,12H,3-6H2,1-2H3,(H,17,18)/b13-10+. The van der Waals surface area contributed by atoms with E-state index >= 15 is 0 Å². The quantitative estimate of drug-likeness (QED) is 0.840. The second-order valence-electron chi connectivity index (χ2n) is 5.12. The van der Waals surface area contributed by atoms with Crippen molar-refractivity contribution in [3.05, 3.63) is 35.4 Å². The number of methoxy groups -OCH3 is 1. The Labute approximate surface area is 113 Å². The molecule has 0 spiro atoms. The van der Waals surface area contributed by atoms with Crippen molar-refractivity contribution in [3.8, 4) is 5.75 Å². The van der Waals surface area contributed by atoms with Crippen molar-refractivity contribution >= 4 is 11.5 Å². The van der Waals surface area contributed by atoms with E-state index in [0.717, 1.165) is 35.3 Å². The summed E-state index contributed by atoms with van der Waals surface area (Å²) < 4.78 is 5.39. The van der Waals surface area contributed by atoms with Gasteiger partial charge in [-0.3, -0.25) is 0 Å². The molecule has 0 amide bonds. The molecule has 0 heterocycles. The fourth-order valence-corrected chi connectivity index (χ4v) is 2.83. The van der Waals surface area contributed by atoms with E-state index in [1.807, 2.05) is 25.1 Å². The molecule has 1 aliphatic rings. The van der Waals surface area contributed by atoms with Crippen LogP contribution < -0.4 is 4.74 Å². The smallest absolute Gasteiger partial charge is 0.328 e. The monoisotopic (exact) mass is 260 g/mol. The first-order chi connectivity index (χ1) is 9.11. The highest BCUT2D eigenvalue weighted by Crippen LogP contribution is 2.40. The lowest BCUT2D eigenvalue weighted by atomic mass is 9.89. The molecule has 0 radical (unpaired) electrons. The van der Waals surface area contributed by atoms with Crippen molar-refractivity contribution in [2.45, 2.75) is 32.6 Å². The van der Waals surface area contributed by atoms with E-state index in [1.165, 1.54) is 18.9 Å². The molecule has 1 aromatic carbocycles. The van der Waals surface area contributed by atoms with Gasteiger partial charge in [-0.2, -0.15) is 0 Å². The molecule has 1 aromatic rings. The molecule has 0 aromatic heterocycles. The fourth-order valence-electron chi connectivity index (χ4n) is 2.83. The normalized spacial score (nSPS) is 16.6. The highest BCUT2D eigenvalue weighted by molar-refractivity contribution is 5.91. The minimum Gasteiger partial charge on any atom is -0.496 e. The molecule has 0 saturated heterocycles. The van der Waals surface area contributed by atoms with Crippen molar-refractivity contribution in [2.24, 2.45) is 5.92 Å². The van der Waals surface area contributed by atoms with Gasteiger partial charge in [-0.15, -0.1) is 0 Å². The van der Waals surface area contributed by atoms with Crippen LogP contribution in [0.5, 0.6) is 5.75 Å². The molecule has 0 aliphatic heterocycles. The molecule has 2 rings (SSSR count). The van der Waals surface area contributed by atoms with Gasteiger partial charge in [0.25, 0.3) is 0 Å². The van der Waals surface area contributed by atoms with Crippen LogP contribution in [0.15, 0.2) is 24.3 Å². The molecule has 1 N–H and O–H groups in total. The van der Waals surface area contributed by atoms with Crippen LogP contribution in [0.25, 0.3) is 5.57 Å². The number of carbonyl (C=O) groups is 1. The van der Waals surface area contributed by atoms with Crippen LogP contribution in [-0.4, -0.2) is 18.2 Å². The second kappa shape index (κ2) is 5.91. The Kier molecular flexibility index (Phi) is 4.25. The van der Waals surface area contributed by atoms with Crippen LogP contribution in [0.1, 0.15) is 36.8 Å². The molecule has 1 fully saturated rings. The van der Waals surface area contributed by atoms with Crippen LogP contribution in [0, 0.1) is 12.8 Å². The topological polar surface area (TPSA) is 46.5 Å². The van der Waals surface area contributed by atoms with Crippen molar-refractivity contribution in [1.29, 1.82) is 0 Å². The van der Waals surface area contributed by atoms with E-state index in [9.17, 15) is 4.79 Å². The first-order valence-electron chi connectivity index (χ1n) is 6.71. The minimum atomic E-state index is -0.884. The third-order valence-electron chi connectivity index (χ3n) is 3.74. The van der Waals surface area contributed by atoms with Gasteiger partial charge in [0.2, 0.25) is 0 Å². The summed E-state index contributed by atoms with van der Waals surface area (Å²) in [5.74, 6) is 0.210. The van der Waals surface area contributed by atoms with E-state index < -0.39 is 5.97 Å². The van der Waals surface area contributed by atoms with Crippen LogP contribution >= 0.6 is 0 Å². The molecule has 3 nitrogen and oxygen atoms in total. The van der Waals surface area contributed by atoms with E-state index in [0.29, 0.717) is 5.92 Å². The van der Waals surface area contributed by atoms with E-state index in [2.05, 4.69) is 0 Å². The maximum atomic E-state index is 11.1. The van der Waals surface area contributed by atoms with E-state index in [-0.39, 0.29) is 0 Å². The number of rotatable bonds is 4. The summed E-state index contributed by atoms with van der Waals surface area (Å²) in [6, 6.07) is 5.91. The molecular formula is C16H20O3. The number of aryl methyl sites for hydroxylation is 1. The zero-order valence-corrected chi connectivity index (χ0v) is 11.5. The number of carboxylic acid groups (broad SMARTS) is 1. The molecule has 0 atom stereocenters. The largest absolute Gasteiger partial charge is 0.496 e. The molecule has 19 heavy (non-hydrogen) atoms. The maximum Gasteiger partial charge on any atom is 0.328 e. The summed E-state index contributed by atoms with van der Waals surface area (Å²) in [6.07, 6.45) is 5.84. The molecule has 1 saturated carbocycles. The van der Waals surface area contributed by atoms with Gasteiger partial charge in [0, 0.05) is 11.6 Å². The Bertz CT molecular complexity index is 497. The van der Waals surface area contributed by atoms with Gasteiger partial charge in [-0.25, -0.2) is 4.79 Å². The zero-order chi connectivity index (χ0) is 13.8. The number of ether oxygens (including phenoxy) is 1. The SMILES string of the molecule is COc1ccc(C)cc1/C(=C/C(=O)O)C1CCCC1. The Morgan fingerprint density at radius 1 is 1.37 bits per heavy atom. The van der Waals surface area contributed by atoms with Crippen molar-refractivity contribution < 1.29 is 14.6 Å². The molecule has 3 heteroatoms. The number of aliphatic carboxylic acids is 1. The lowest BCUT2D eigenvalue weighted by molar-refractivity contribution is -0.131. The summed E-state index contributed by atoms with van der Waals surface area (Å²) in [5.41, 5.74) is 2.95. The zero-order valence-electron chi connectivity index (χ0n) is 11.5. The Hall–Kier alpha value is -1.77. The minimum absolute atomic E-state index is 0.340. The molecule has 0 unspecified atom stereocenters. The third kappa shape index (κ3) is 3.16. The predicted octanol–water partition coefficient (Wildman–Crippen LogP) is 3.66. The van der Waals surface area contributed by atoms with Gasteiger partial charge in [0.1, 0.15) is 5.75 Å². The third-order valence-corrected chi connectivity index (χ3v) is 3.74. The summed E-state index contributed by atoms with van der Waals surface area (Å²) in [5, 5.41) is 9.12. The number of hydrogen-bond acceptors (Lipinski definition) is 2. The van der Waals surface area contributed by atoms with Crippen LogP contribution in [0.2, 0.25) is 0 Å². The Balaban J connectivity index is 2.48. The highest BCUT2D eigenvalue weighted by atomic mass is 16.5. The van der Waals surface area contributed by atoms with Gasteiger partial charge in [0.15, 0.2) is 0 Å². The molecule has 1 aliphatic carbocycles. The van der Waals surface area contributed by atoms with Crippen molar-refractivity contribution in [1.82, 2.24) is 0 Å². The number of allylic oxidation sites excluding steroid dienone is 1. The summed E-state index contributed by atoms with van der Waals surface area (Å²) in [6.45, 7) is 2.01. The summed E-state index contributed by atoms with van der Waals surface area (Å²) in [4.78, 5) is 11.1. The number of benzene rings is 1. The van der Waals surface area contributed by atoms with E-state index in [4.69, 9.17) is 9.84 Å². The number of hydrogen-bond donors (Lipinski definition) is 1. The second-order valence-corrected chi connectivity index (χ2v) is 5.12. The summed E-state index contributed by atoms with van der Waals surface area (Å²) >= 11 is 0. The highest BCUT2D eigenvalue weighted by Gasteiger charge is 2.23. The van der Waals surface area contributed by atoms with Crippen molar-refractivity contribution in [3.63, 3.8) is 0 Å². The summed E-state index contributed by atoms with van der Waals surface area (Å²) in [7, 11) is 1.63. The van der Waals surface area contributed by atoms with Crippen LogP contribution in [-0.2, 0) is 4.79 Å². The maximum absolute atomic E-state index is 11.1. The van der Waals surface area contributed by atoms with Gasteiger partial charge in [-0.1, -0.05) is 24.5 Å². The molecule has 102 valence electrons. The van der Waals surface area contributed by atoms with E-state index in [1.54, 1.807) is 7.11 Å². The predicted molar refractivity (Wildman–Crippen MR) is 75.3 cm³/mol. The fraction of sp³-hybridized carbons (Fsp3) is 0.438. The van der Waals surface area contributed by atoms with Gasteiger partial charge in [0.05, 0.1) is 7.11 Å². The van der Waals surface area contributed by atoms with Crippen molar-refractivity contribution in [2.75, 3.05) is 7.11 Å². The average Bonchev–Trinajstić information content (AvgIpc) is 2.89. The number of carboxylic acids is 1. The van der Waals surface area contributed by atoms with Crippen LogP contribution in [0.4, 0.5) is 0 Å². The first kappa shape index (κ1) is 13.7.